The smallest absolute Gasteiger partial charge is 0.417 e. The number of alkyl halides is 3. The SMILES string of the molecule is Cc1[nH]c(=O)cc(C(F)(F)F)c1C(=O)Nc1cc(C2=CCN(C(=O)OC(C)(C)C)C2)c(F)cc1N1C[C@@H](C)N(C)[C@@H](C)C1. The van der Waals surface area contributed by atoms with Crippen molar-refractivity contribution in [2.24, 2.45) is 0 Å². The third kappa shape index (κ3) is 7.03. The maximum atomic E-state index is 15.8. The summed E-state index contributed by atoms with van der Waals surface area (Å²) < 4.78 is 62.8. The summed E-state index contributed by atoms with van der Waals surface area (Å²) in [5, 5.41) is 2.58. The van der Waals surface area contributed by atoms with Crippen LogP contribution in [0.1, 0.15) is 61.8 Å². The fraction of sp³-hybridized carbons (Fsp3) is 0.500. The van der Waals surface area contributed by atoms with Gasteiger partial charge in [0.25, 0.3) is 5.91 Å². The number of H-pyrrole nitrogens is 1. The molecule has 2 amide bonds. The molecule has 3 heterocycles. The first-order valence-electron chi connectivity index (χ1n) is 14.0. The van der Waals surface area contributed by atoms with E-state index in [1.54, 1.807) is 26.8 Å². The molecule has 9 nitrogen and oxygen atoms in total. The van der Waals surface area contributed by atoms with Gasteiger partial charge in [-0.1, -0.05) is 6.08 Å². The van der Waals surface area contributed by atoms with Crippen LogP contribution in [0.3, 0.4) is 0 Å². The number of hydrogen-bond donors (Lipinski definition) is 2. The minimum atomic E-state index is -4.97. The van der Waals surface area contributed by atoms with Gasteiger partial charge in [-0.2, -0.15) is 13.2 Å². The van der Waals surface area contributed by atoms with E-state index in [2.05, 4.69) is 15.2 Å². The van der Waals surface area contributed by atoms with E-state index < -0.39 is 46.3 Å². The summed E-state index contributed by atoms with van der Waals surface area (Å²) in [4.78, 5) is 45.6. The number of anilines is 2. The zero-order valence-electron chi connectivity index (χ0n) is 25.3. The van der Waals surface area contributed by atoms with E-state index in [1.807, 2.05) is 25.8 Å². The zero-order chi connectivity index (χ0) is 32.0. The maximum absolute atomic E-state index is 15.8. The summed E-state index contributed by atoms with van der Waals surface area (Å²) in [5.74, 6) is -1.72. The highest BCUT2D eigenvalue weighted by Crippen LogP contribution is 2.37. The van der Waals surface area contributed by atoms with E-state index in [9.17, 15) is 27.6 Å². The predicted molar refractivity (Wildman–Crippen MR) is 156 cm³/mol. The number of aryl methyl sites for hydroxylation is 1. The van der Waals surface area contributed by atoms with Crippen LogP contribution in [0.15, 0.2) is 29.1 Å². The number of rotatable bonds is 4. The summed E-state index contributed by atoms with van der Waals surface area (Å²) in [6, 6.07) is 3.12. The molecule has 234 valence electrons. The van der Waals surface area contributed by atoms with E-state index in [1.165, 1.54) is 24.0 Å². The van der Waals surface area contributed by atoms with Crippen molar-refractivity contribution in [2.45, 2.75) is 65.4 Å². The average molecular weight is 608 g/mol. The molecule has 1 saturated heterocycles. The van der Waals surface area contributed by atoms with Crippen LogP contribution in [0.25, 0.3) is 5.57 Å². The number of carbonyl (C=O) groups is 2. The summed E-state index contributed by atoms with van der Waals surface area (Å²) >= 11 is 0. The fourth-order valence-corrected chi connectivity index (χ4v) is 5.38. The van der Waals surface area contributed by atoms with Gasteiger partial charge in [-0.25, -0.2) is 9.18 Å². The topological polar surface area (TPSA) is 98.0 Å². The highest BCUT2D eigenvalue weighted by atomic mass is 19.4. The van der Waals surface area contributed by atoms with Crippen LogP contribution in [0.2, 0.25) is 0 Å². The summed E-state index contributed by atoms with van der Waals surface area (Å²) in [6.07, 6.45) is -3.87. The van der Waals surface area contributed by atoms with Crippen LogP contribution in [0, 0.1) is 12.7 Å². The lowest BCUT2D eigenvalue weighted by molar-refractivity contribution is -0.138. The van der Waals surface area contributed by atoms with Crippen molar-refractivity contribution < 1.29 is 31.9 Å². The van der Waals surface area contributed by atoms with Crippen molar-refractivity contribution in [3.63, 3.8) is 0 Å². The van der Waals surface area contributed by atoms with Gasteiger partial charge < -0.3 is 24.8 Å². The van der Waals surface area contributed by atoms with Crippen molar-refractivity contribution >= 4 is 28.9 Å². The van der Waals surface area contributed by atoms with Crippen LogP contribution in [-0.2, 0) is 10.9 Å². The molecule has 2 atom stereocenters. The van der Waals surface area contributed by atoms with Gasteiger partial charge in [-0.15, -0.1) is 0 Å². The maximum Gasteiger partial charge on any atom is 0.417 e. The molecule has 1 aromatic carbocycles. The molecule has 2 N–H and O–H groups in total. The highest BCUT2D eigenvalue weighted by molar-refractivity contribution is 6.08. The molecule has 0 radical (unpaired) electrons. The number of nitrogens with zero attached hydrogens (tertiary/aromatic N) is 3. The Morgan fingerprint density at radius 2 is 1.70 bits per heavy atom. The summed E-state index contributed by atoms with van der Waals surface area (Å²) in [7, 11) is 1.97. The van der Waals surface area contributed by atoms with Gasteiger partial charge in [0.05, 0.1) is 22.5 Å². The number of nitrogens with one attached hydrogen (secondary N) is 2. The number of aromatic amines is 1. The Kier molecular flexibility index (Phi) is 8.70. The number of hydrogen-bond acceptors (Lipinski definition) is 6. The number of piperazine rings is 1. The first-order chi connectivity index (χ1) is 19.9. The quantitative estimate of drug-likeness (QED) is 0.461. The minimum absolute atomic E-state index is 0.0401. The number of halogens is 4. The Labute approximate surface area is 247 Å². The molecule has 0 unspecified atom stereocenters. The second kappa shape index (κ2) is 11.7. The Balaban J connectivity index is 1.76. The minimum Gasteiger partial charge on any atom is -0.444 e. The monoisotopic (exact) mass is 607 g/mol. The van der Waals surface area contributed by atoms with Gasteiger partial charge in [-0.05, 0) is 66.3 Å². The molecule has 0 spiro atoms. The van der Waals surface area contributed by atoms with Gasteiger partial charge >= 0.3 is 12.3 Å². The third-order valence-corrected chi connectivity index (χ3v) is 7.71. The largest absolute Gasteiger partial charge is 0.444 e. The van der Waals surface area contributed by atoms with E-state index in [0.717, 1.165) is 0 Å². The van der Waals surface area contributed by atoms with Gasteiger partial charge in [0.1, 0.15) is 11.4 Å². The molecule has 0 saturated carbocycles. The molecule has 4 rings (SSSR count). The molecule has 0 aliphatic carbocycles. The van der Waals surface area contributed by atoms with Gasteiger partial charge in [0.2, 0.25) is 5.56 Å². The normalized spacial score (nSPS) is 19.8. The standard InChI is InChI=1S/C30H37F4N5O4/c1-16-13-39(14-17(2)37(16)7)24-12-22(31)20(19-8-9-38(15-19)28(42)43-29(4,5)6)10-23(24)36-27(41)26-18(3)35-25(40)11-21(26)30(32,33)34/h8,10-12,16-17H,9,13-15H2,1-7H3,(H,35,40)(H,36,41)/t16-,17+. The Morgan fingerprint density at radius 3 is 2.28 bits per heavy atom. The summed E-state index contributed by atoms with van der Waals surface area (Å²) in [6.45, 7) is 11.6. The molecular weight excluding hydrogens is 570 g/mol. The molecule has 1 fully saturated rings. The Hall–Kier alpha value is -3.87. The van der Waals surface area contributed by atoms with Crippen LogP contribution in [-0.4, -0.2) is 77.7 Å². The van der Waals surface area contributed by atoms with E-state index >= 15 is 4.39 Å². The van der Waals surface area contributed by atoms with Crippen LogP contribution in [0.4, 0.5) is 33.7 Å². The Bertz CT molecular complexity index is 1500. The lowest BCUT2D eigenvalue weighted by Crippen LogP contribution is -2.55. The van der Waals surface area contributed by atoms with Gasteiger partial charge in [0.15, 0.2) is 0 Å². The van der Waals surface area contributed by atoms with Gasteiger partial charge in [0, 0.05) is 55.6 Å². The number of ether oxygens (including phenoxy) is 1. The van der Waals surface area contributed by atoms with Gasteiger partial charge in [-0.3, -0.25) is 14.5 Å². The molecule has 2 aliphatic heterocycles. The number of benzene rings is 1. The second-order valence-electron chi connectivity index (χ2n) is 12.2. The highest BCUT2D eigenvalue weighted by Gasteiger charge is 2.38. The van der Waals surface area contributed by atoms with Crippen LogP contribution < -0.4 is 15.8 Å². The van der Waals surface area contributed by atoms with E-state index in [-0.39, 0.29) is 42.1 Å². The van der Waals surface area contributed by atoms with Crippen LogP contribution in [0.5, 0.6) is 0 Å². The summed E-state index contributed by atoms with van der Waals surface area (Å²) in [5.41, 5.74) is -3.13. The molecule has 43 heavy (non-hydrogen) atoms. The number of carbonyl (C=O) groups excluding carboxylic acids is 2. The zero-order valence-corrected chi connectivity index (χ0v) is 25.3. The van der Waals surface area contributed by atoms with Crippen molar-refractivity contribution in [2.75, 3.05) is 43.4 Å². The lowest BCUT2D eigenvalue weighted by Gasteiger charge is -2.44. The first-order valence-corrected chi connectivity index (χ1v) is 14.0. The molecule has 2 aliphatic rings. The number of pyridine rings is 1. The average Bonchev–Trinajstić information content (AvgIpc) is 3.36. The molecule has 0 bridgehead atoms. The fourth-order valence-electron chi connectivity index (χ4n) is 5.38. The first kappa shape index (κ1) is 32.1. The van der Waals surface area contributed by atoms with Crippen molar-refractivity contribution in [3.05, 3.63) is 62.8 Å². The lowest BCUT2D eigenvalue weighted by atomic mass is 10.0. The molecule has 13 heteroatoms. The third-order valence-electron chi connectivity index (χ3n) is 7.71. The number of aromatic nitrogens is 1. The number of amides is 2. The number of likely N-dealkylation sites (N-methyl/N-ethyl adjacent to an activating group) is 1. The van der Waals surface area contributed by atoms with E-state index in [4.69, 9.17) is 4.74 Å². The van der Waals surface area contributed by atoms with Crippen molar-refractivity contribution in [1.82, 2.24) is 14.8 Å². The molecule has 2 aromatic rings. The predicted octanol–water partition coefficient (Wildman–Crippen LogP) is 5.26. The Morgan fingerprint density at radius 1 is 1.07 bits per heavy atom. The van der Waals surface area contributed by atoms with Crippen LogP contribution >= 0.6 is 0 Å². The molecular formula is C30H37F4N5O4. The van der Waals surface area contributed by atoms with E-state index in [0.29, 0.717) is 30.4 Å². The van der Waals surface area contributed by atoms with Crippen molar-refractivity contribution in [3.8, 4) is 0 Å². The second-order valence-corrected chi connectivity index (χ2v) is 12.2. The molecule has 1 aromatic heterocycles. The van der Waals surface area contributed by atoms with Crippen molar-refractivity contribution in [1.29, 1.82) is 0 Å².